The molecule has 32 heavy (non-hydrogen) atoms. The van der Waals surface area contributed by atoms with Crippen molar-refractivity contribution in [1.29, 1.82) is 0 Å². The topological polar surface area (TPSA) is 94.4 Å². The fourth-order valence-corrected chi connectivity index (χ4v) is 4.98. The number of carbonyl (C=O) groups excluding carboxylic acids is 3. The quantitative estimate of drug-likeness (QED) is 0.327. The van der Waals surface area contributed by atoms with E-state index in [1.54, 1.807) is 19.1 Å². The Bertz CT molecular complexity index is 1130. The minimum Gasteiger partial charge on any atom is -0.372 e. The van der Waals surface area contributed by atoms with Crippen molar-refractivity contribution in [3.63, 3.8) is 0 Å². The molecule has 0 bridgehead atoms. The van der Waals surface area contributed by atoms with Crippen LogP contribution in [-0.4, -0.2) is 42.3 Å². The third-order valence-electron chi connectivity index (χ3n) is 5.12. The number of rotatable bonds is 7. The van der Waals surface area contributed by atoms with Gasteiger partial charge in [0.15, 0.2) is 0 Å². The molecule has 1 heterocycles. The predicted octanol–water partition coefficient (Wildman–Crippen LogP) is 6.05. The highest BCUT2D eigenvalue weighted by molar-refractivity contribution is 9.11. The molecule has 1 N–H and O–H groups in total. The number of imide groups is 1. The van der Waals surface area contributed by atoms with Gasteiger partial charge in [-0.15, -0.1) is 10.2 Å². The smallest absolute Gasteiger partial charge is 0.262 e. The van der Waals surface area contributed by atoms with E-state index in [-0.39, 0.29) is 29.8 Å². The molecule has 0 saturated carbocycles. The second-order valence-corrected chi connectivity index (χ2v) is 8.70. The number of azo groups is 1. The van der Waals surface area contributed by atoms with Crippen LogP contribution in [0.5, 0.6) is 0 Å². The Balaban J connectivity index is 2.05. The number of halogens is 2. The molecule has 3 amide bonds. The normalized spacial score (nSPS) is 13.1. The van der Waals surface area contributed by atoms with Crippen molar-refractivity contribution in [3.8, 4) is 0 Å². The van der Waals surface area contributed by atoms with Gasteiger partial charge in [0.25, 0.3) is 11.8 Å². The highest BCUT2D eigenvalue weighted by Crippen LogP contribution is 2.43. The molecule has 1 aliphatic rings. The zero-order valence-corrected chi connectivity index (χ0v) is 21.4. The van der Waals surface area contributed by atoms with Crippen molar-refractivity contribution in [2.45, 2.75) is 27.7 Å². The number of fused-ring (bicyclic) bond motifs is 1. The third-order valence-corrected chi connectivity index (χ3v) is 6.50. The molecule has 0 fully saturated rings. The lowest BCUT2D eigenvalue weighted by molar-refractivity contribution is -0.114. The standard InChI is InChI=1S/C22H23Br2N5O3/c1-5-28(6-2)13-8-9-16(17(10-13)25-12(4)30)26-27-20-15(23)11-14-18(19(20)24)22(32)29(7-3)21(14)31/h8-11H,5-7H2,1-4H3,(H,25,30). The van der Waals surface area contributed by atoms with Gasteiger partial charge in [-0.05, 0) is 76.9 Å². The first kappa shape index (κ1) is 24.1. The van der Waals surface area contributed by atoms with Gasteiger partial charge in [-0.3, -0.25) is 19.3 Å². The van der Waals surface area contributed by atoms with E-state index in [0.717, 1.165) is 18.8 Å². The second kappa shape index (κ2) is 9.91. The summed E-state index contributed by atoms with van der Waals surface area (Å²) in [5.41, 5.74) is 2.92. The van der Waals surface area contributed by atoms with Crippen molar-refractivity contribution in [3.05, 3.63) is 44.3 Å². The third kappa shape index (κ3) is 4.47. The van der Waals surface area contributed by atoms with Crippen molar-refractivity contribution in [2.24, 2.45) is 10.2 Å². The molecule has 2 aromatic carbocycles. The molecule has 0 radical (unpaired) electrons. The number of nitrogens with one attached hydrogen (secondary N) is 1. The highest BCUT2D eigenvalue weighted by Gasteiger charge is 2.38. The molecule has 0 saturated heterocycles. The van der Waals surface area contributed by atoms with Gasteiger partial charge in [-0.25, -0.2) is 0 Å². The molecule has 3 rings (SSSR count). The van der Waals surface area contributed by atoms with Crippen LogP contribution in [0.4, 0.5) is 22.7 Å². The van der Waals surface area contributed by atoms with E-state index in [4.69, 9.17) is 0 Å². The largest absolute Gasteiger partial charge is 0.372 e. The first-order valence-corrected chi connectivity index (χ1v) is 11.8. The maximum Gasteiger partial charge on any atom is 0.262 e. The molecule has 0 spiro atoms. The van der Waals surface area contributed by atoms with Gasteiger partial charge in [-0.1, -0.05) is 0 Å². The fourth-order valence-electron chi connectivity index (χ4n) is 3.53. The van der Waals surface area contributed by atoms with E-state index < -0.39 is 0 Å². The van der Waals surface area contributed by atoms with Gasteiger partial charge < -0.3 is 10.2 Å². The molecule has 0 unspecified atom stereocenters. The van der Waals surface area contributed by atoms with Crippen molar-refractivity contribution in [1.82, 2.24) is 4.90 Å². The maximum atomic E-state index is 12.7. The SMILES string of the molecule is CCN1C(=O)c2cc(Br)c(N=Nc3ccc(N(CC)CC)cc3NC(C)=O)c(Br)c2C1=O. The zero-order valence-electron chi connectivity index (χ0n) is 18.2. The molecule has 1 aliphatic heterocycles. The van der Waals surface area contributed by atoms with Gasteiger partial charge in [-0.2, -0.15) is 0 Å². The van der Waals surface area contributed by atoms with Crippen LogP contribution in [0.1, 0.15) is 48.4 Å². The van der Waals surface area contributed by atoms with Gasteiger partial charge in [0.1, 0.15) is 11.4 Å². The first-order valence-electron chi connectivity index (χ1n) is 10.2. The summed E-state index contributed by atoms with van der Waals surface area (Å²) in [6, 6.07) is 7.14. The van der Waals surface area contributed by atoms with Crippen LogP contribution in [0.3, 0.4) is 0 Å². The molecule has 0 atom stereocenters. The van der Waals surface area contributed by atoms with Gasteiger partial charge >= 0.3 is 0 Å². The van der Waals surface area contributed by atoms with Crippen LogP contribution in [-0.2, 0) is 4.79 Å². The second-order valence-electron chi connectivity index (χ2n) is 7.05. The summed E-state index contributed by atoms with van der Waals surface area (Å²) in [7, 11) is 0. The lowest BCUT2D eigenvalue weighted by atomic mass is 10.1. The average molecular weight is 565 g/mol. The fraction of sp³-hybridized carbons (Fsp3) is 0.318. The summed E-state index contributed by atoms with van der Waals surface area (Å²) in [5, 5.41) is 11.5. The summed E-state index contributed by atoms with van der Waals surface area (Å²) in [4.78, 5) is 40.2. The Morgan fingerprint density at radius 2 is 1.75 bits per heavy atom. The van der Waals surface area contributed by atoms with Gasteiger partial charge in [0, 0.05) is 36.7 Å². The van der Waals surface area contributed by atoms with Gasteiger partial charge in [0.2, 0.25) is 5.91 Å². The predicted molar refractivity (Wildman–Crippen MR) is 131 cm³/mol. The van der Waals surface area contributed by atoms with E-state index in [0.29, 0.717) is 31.6 Å². The Hall–Kier alpha value is -2.59. The number of nitrogens with zero attached hydrogens (tertiary/aromatic N) is 4. The number of benzene rings is 2. The molecular formula is C22H23Br2N5O3. The molecule has 0 aliphatic carbocycles. The molecule has 168 valence electrons. The molecule has 8 nitrogen and oxygen atoms in total. The Morgan fingerprint density at radius 3 is 2.34 bits per heavy atom. The number of hydrogen-bond acceptors (Lipinski definition) is 6. The number of carbonyl (C=O) groups is 3. The zero-order chi connectivity index (χ0) is 23.6. The van der Waals surface area contributed by atoms with Crippen LogP contribution < -0.4 is 10.2 Å². The molecular weight excluding hydrogens is 542 g/mol. The van der Waals surface area contributed by atoms with Crippen LogP contribution in [0.2, 0.25) is 0 Å². The van der Waals surface area contributed by atoms with Crippen LogP contribution in [0.25, 0.3) is 0 Å². The van der Waals surface area contributed by atoms with Crippen molar-refractivity contribution >= 4 is 72.3 Å². The van der Waals surface area contributed by atoms with Crippen molar-refractivity contribution < 1.29 is 14.4 Å². The van der Waals surface area contributed by atoms with E-state index in [1.807, 2.05) is 12.1 Å². The van der Waals surface area contributed by atoms with E-state index in [1.165, 1.54) is 11.8 Å². The lowest BCUT2D eigenvalue weighted by Gasteiger charge is -2.22. The lowest BCUT2D eigenvalue weighted by Crippen LogP contribution is -2.29. The average Bonchev–Trinajstić information content (AvgIpc) is 2.98. The summed E-state index contributed by atoms with van der Waals surface area (Å²) >= 11 is 6.86. The van der Waals surface area contributed by atoms with E-state index >= 15 is 0 Å². The van der Waals surface area contributed by atoms with Crippen LogP contribution in [0.15, 0.2) is 43.4 Å². The number of anilines is 2. The molecule has 2 aromatic rings. The van der Waals surface area contributed by atoms with Crippen LogP contribution >= 0.6 is 31.9 Å². The Labute approximate surface area is 203 Å². The minimum absolute atomic E-state index is 0.221. The van der Waals surface area contributed by atoms with E-state index in [9.17, 15) is 14.4 Å². The maximum absolute atomic E-state index is 12.7. The number of amides is 3. The van der Waals surface area contributed by atoms with E-state index in [2.05, 4.69) is 66.2 Å². The monoisotopic (exact) mass is 563 g/mol. The number of hydrogen-bond donors (Lipinski definition) is 1. The summed E-state index contributed by atoms with van der Waals surface area (Å²) < 4.78 is 0.910. The first-order chi connectivity index (χ1) is 15.2. The summed E-state index contributed by atoms with van der Waals surface area (Å²) in [6.07, 6.45) is 0. The summed E-state index contributed by atoms with van der Waals surface area (Å²) in [6.45, 7) is 9.23. The Morgan fingerprint density at radius 1 is 1.06 bits per heavy atom. The summed E-state index contributed by atoms with van der Waals surface area (Å²) in [5.74, 6) is -0.926. The molecule has 10 heteroatoms. The molecule has 0 aromatic heterocycles. The van der Waals surface area contributed by atoms with Gasteiger partial charge in [0.05, 0.1) is 21.3 Å². The van der Waals surface area contributed by atoms with Crippen molar-refractivity contribution in [2.75, 3.05) is 29.9 Å². The highest BCUT2D eigenvalue weighted by atomic mass is 79.9. The Kier molecular flexibility index (Phi) is 7.45. The van der Waals surface area contributed by atoms with Crippen LogP contribution in [0, 0.1) is 0 Å². The minimum atomic E-state index is -0.370.